The molecule has 0 radical (unpaired) electrons. The number of nitrogens with zero attached hydrogens (tertiary/aromatic N) is 3. The Morgan fingerprint density at radius 1 is 1.03 bits per heavy atom. The SMILES string of the molecule is O=C(Nc1ccc(-c2nc3ccccc3o2)cc1)c1cc([N+](=O)[O-])ccc1N1CCOCC1. The third kappa shape index (κ3) is 4.26. The Labute approximate surface area is 188 Å². The summed E-state index contributed by atoms with van der Waals surface area (Å²) in [5.41, 5.74) is 3.55. The molecule has 1 saturated heterocycles. The van der Waals surface area contributed by atoms with Crippen molar-refractivity contribution in [3.05, 3.63) is 82.4 Å². The zero-order valence-electron chi connectivity index (χ0n) is 17.6. The maximum absolute atomic E-state index is 13.1. The molecule has 1 N–H and O–H groups in total. The lowest BCUT2D eigenvalue weighted by molar-refractivity contribution is -0.384. The van der Waals surface area contributed by atoms with Crippen LogP contribution in [0.2, 0.25) is 0 Å². The lowest BCUT2D eigenvalue weighted by Gasteiger charge is -2.30. The fourth-order valence-corrected chi connectivity index (χ4v) is 3.79. The van der Waals surface area contributed by atoms with Gasteiger partial charge in [0, 0.05) is 36.5 Å². The molecule has 5 rings (SSSR count). The molecule has 9 nitrogen and oxygen atoms in total. The molecule has 0 atom stereocenters. The second-order valence-electron chi connectivity index (χ2n) is 7.58. The van der Waals surface area contributed by atoms with Gasteiger partial charge in [0.25, 0.3) is 11.6 Å². The van der Waals surface area contributed by atoms with E-state index in [9.17, 15) is 14.9 Å². The standard InChI is InChI=1S/C24H20N4O5/c29-23(19-15-18(28(30)31)9-10-21(19)27-11-13-32-14-12-27)25-17-7-5-16(6-8-17)24-26-20-3-1-2-4-22(20)33-24/h1-10,15H,11-14H2,(H,25,29). The summed E-state index contributed by atoms with van der Waals surface area (Å²) in [5.74, 6) is 0.0668. The first-order valence-electron chi connectivity index (χ1n) is 10.5. The highest BCUT2D eigenvalue weighted by Crippen LogP contribution is 2.29. The summed E-state index contributed by atoms with van der Waals surface area (Å²) in [6.45, 7) is 2.29. The molecule has 2 heterocycles. The monoisotopic (exact) mass is 444 g/mol. The Bertz CT molecular complexity index is 1290. The van der Waals surface area contributed by atoms with Gasteiger partial charge in [-0.05, 0) is 42.5 Å². The van der Waals surface area contributed by atoms with Gasteiger partial charge < -0.3 is 19.4 Å². The van der Waals surface area contributed by atoms with Gasteiger partial charge in [-0.25, -0.2) is 4.98 Å². The Hall–Kier alpha value is -4.24. The number of hydrogen-bond donors (Lipinski definition) is 1. The largest absolute Gasteiger partial charge is 0.436 e. The second kappa shape index (κ2) is 8.71. The molecule has 1 aliphatic rings. The van der Waals surface area contributed by atoms with E-state index in [-0.39, 0.29) is 11.3 Å². The number of non-ortho nitro benzene ring substituents is 1. The van der Waals surface area contributed by atoms with E-state index < -0.39 is 10.8 Å². The summed E-state index contributed by atoms with van der Waals surface area (Å²) < 4.78 is 11.2. The van der Waals surface area contributed by atoms with Gasteiger partial charge in [0.1, 0.15) is 5.52 Å². The lowest BCUT2D eigenvalue weighted by Crippen LogP contribution is -2.37. The number of aromatic nitrogens is 1. The number of benzene rings is 3. The Balaban J connectivity index is 1.39. The van der Waals surface area contributed by atoms with E-state index in [2.05, 4.69) is 10.3 Å². The highest BCUT2D eigenvalue weighted by atomic mass is 16.6. The van der Waals surface area contributed by atoms with E-state index in [1.54, 1.807) is 30.3 Å². The minimum atomic E-state index is -0.505. The van der Waals surface area contributed by atoms with Crippen molar-refractivity contribution in [2.75, 3.05) is 36.5 Å². The quantitative estimate of drug-likeness (QED) is 0.357. The summed E-state index contributed by atoms with van der Waals surface area (Å²) in [6, 6.07) is 18.9. The molecule has 1 aromatic heterocycles. The summed E-state index contributed by atoms with van der Waals surface area (Å²) in [5, 5.41) is 14.1. The molecule has 1 fully saturated rings. The van der Waals surface area contributed by atoms with Crippen LogP contribution in [0.5, 0.6) is 0 Å². The fourth-order valence-electron chi connectivity index (χ4n) is 3.79. The number of ether oxygens (including phenoxy) is 1. The van der Waals surface area contributed by atoms with Crippen LogP contribution >= 0.6 is 0 Å². The van der Waals surface area contributed by atoms with E-state index in [0.29, 0.717) is 49.2 Å². The lowest BCUT2D eigenvalue weighted by atomic mass is 10.1. The van der Waals surface area contributed by atoms with Crippen LogP contribution in [0, 0.1) is 10.1 Å². The molecule has 4 aromatic rings. The zero-order valence-corrected chi connectivity index (χ0v) is 17.6. The first-order valence-corrected chi connectivity index (χ1v) is 10.5. The van der Waals surface area contributed by atoms with E-state index in [1.165, 1.54) is 12.1 Å². The Kier molecular flexibility index (Phi) is 5.45. The molecule has 3 aromatic carbocycles. The molecule has 0 aliphatic carbocycles. The van der Waals surface area contributed by atoms with Gasteiger partial charge in [0.05, 0.1) is 29.4 Å². The predicted molar refractivity (Wildman–Crippen MR) is 124 cm³/mol. The van der Waals surface area contributed by atoms with Gasteiger partial charge >= 0.3 is 0 Å². The summed E-state index contributed by atoms with van der Waals surface area (Å²) in [7, 11) is 0. The molecular formula is C24H20N4O5. The van der Waals surface area contributed by atoms with Gasteiger partial charge in [-0.3, -0.25) is 14.9 Å². The molecule has 9 heteroatoms. The van der Waals surface area contributed by atoms with E-state index in [0.717, 1.165) is 11.1 Å². The van der Waals surface area contributed by atoms with Gasteiger partial charge in [-0.2, -0.15) is 0 Å². The Morgan fingerprint density at radius 3 is 2.52 bits per heavy atom. The summed E-state index contributed by atoms with van der Waals surface area (Å²) >= 11 is 0. The summed E-state index contributed by atoms with van der Waals surface area (Å²) in [6.07, 6.45) is 0. The van der Waals surface area contributed by atoms with Crippen LogP contribution in [-0.2, 0) is 4.74 Å². The number of hydrogen-bond acceptors (Lipinski definition) is 7. The number of nitro benzene ring substituents is 1. The van der Waals surface area contributed by atoms with Gasteiger partial charge in [0.2, 0.25) is 5.89 Å². The number of fused-ring (bicyclic) bond motifs is 1. The van der Waals surface area contributed by atoms with Crippen LogP contribution in [0.4, 0.5) is 17.1 Å². The van der Waals surface area contributed by atoms with Gasteiger partial charge in [0.15, 0.2) is 5.58 Å². The molecule has 33 heavy (non-hydrogen) atoms. The molecule has 0 unspecified atom stereocenters. The average Bonchev–Trinajstić information content (AvgIpc) is 3.29. The molecule has 0 saturated carbocycles. The fraction of sp³-hybridized carbons (Fsp3) is 0.167. The molecule has 0 bridgehead atoms. The van der Waals surface area contributed by atoms with Crippen LogP contribution in [0.15, 0.2) is 71.1 Å². The predicted octanol–water partition coefficient (Wildman–Crippen LogP) is 4.49. The number of rotatable bonds is 5. The van der Waals surface area contributed by atoms with E-state index in [1.807, 2.05) is 29.2 Å². The van der Waals surface area contributed by atoms with E-state index in [4.69, 9.17) is 9.15 Å². The number of nitrogens with one attached hydrogen (secondary N) is 1. The van der Waals surface area contributed by atoms with Crippen LogP contribution in [0.1, 0.15) is 10.4 Å². The van der Waals surface area contributed by atoms with Crippen molar-refractivity contribution in [3.8, 4) is 11.5 Å². The van der Waals surface area contributed by atoms with Crippen molar-refractivity contribution in [1.82, 2.24) is 4.98 Å². The first kappa shape index (κ1) is 20.7. The Morgan fingerprint density at radius 2 is 1.79 bits per heavy atom. The number of anilines is 2. The van der Waals surface area contributed by atoms with Crippen LogP contribution in [0.25, 0.3) is 22.6 Å². The molecule has 1 aliphatic heterocycles. The van der Waals surface area contributed by atoms with Crippen molar-refractivity contribution in [3.63, 3.8) is 0 Å². The van der Waals surface area contributed by atoms with E-state index >= 15 is 0 Å². The van der Waals surface area contributed by atoms with Crippen molar-refractivity contribution in [1.29, 1.82) is 0 Å². The van der Waals surface area contributed by atoms with Crippen molar-refractivity contribution < 1.29 is 18.9 Å². The highest BCUT2D eigenvalue weighted by Gasteiger charge is 2.22. The maximum atomic E-state index is 13.1. The van der Waals surface area contributed by atoms with Crippen molar-refractivity contribution in [2.45, 2.75) is 0 Å². The van der Waals surface area contributed by atoms with Crippen LogP contribution in [0.3, 0.4) is 0 Å². The molecule has 1 amide bonds. The number of nitro groups is 1. The smallest absolute Gasteiger partial charge is 0.270 e. The average molecular weight is 444 g/mol. The minimum Gasteiger partial charge on any atom is -0.436 e. The number of morpholine rings is 1. The first-order chi connectivity index (χ1) is 16.1. The van der Waals surface area contributed by atoms with Crippen molar-refractivity contribution >= 4 is 34.1 Å². The number of amides is 1. The second-order valence-corrected chi connectivity index (χ2v) is 7.58. The highest BCUT2D eigenvalue weighted by molar-refractivity contribution is 6.08. The third-order valence-corrected chi connectivity index (χ3v) is 5.47. The normalized spacial score (nSPS) is 13.8. The number of carbonyl (C=O) groups is 1. The maximum Gasteiger partial charge on any atom is 0.270 e. The van der Waals surface area contributed by atoms with Gasteiger partial charge in [-0.1, -0.05) is 12.1 Å². The summed E-state index contributed by atoms with van der Waals surface area (Å²) in [4.78, 5) is 30.4. The van der Waals surface area contributed by atoms with Crippen LogP contribution in [-0.4, -0.2) is 42.1 Å². The molecule has 0 spiro atoms. The minimum absolute atomic E-state index is 0.136. The van der Waals surface area contributed by atoms with Crippen LogP contribution < -0.4 is 10.2 Å². The van der Waals surface area contributed by atoms with Crippen molar-refractivity contribution in [2.24, 2.45) is 0 Å². The zero-order chi connectivity index (χ0) is 22.8. The number of carbonyl (C=O) groups excluding carboxylic acids is 1. The third-order valence-electron chi connectivity index (χ3n) is 5.47. The number of para-hydroxylation sites is 2. The molecular weight excluding hydrogens is 424 g/mol. The van der Waals surface area contributed by atoms with Gasteiger partial charge in [-0.15, -0.1) is 0 Å². The topological polar surface area (TPSA) is 111 Å². The molecule has 166 valence electrons. The number of oxazole rings is 1.